The molecule has 128 valence electrons. The molecule has 0 aromatic heterocycles. The topological polar surface area (TPSA) is 56.8 Å². The smallest absolute Gasteiger partial charge is 0.260 e. The predicted octanol–water partition coefficient (Wildman–Crippen LogP) is 2.97. The van der Waals surface area contributed by atoms with Crippen molar-refractivity contribution < 1.29 is 19.0 Å². The maximum Gasteiger partial charge on any atom is 0.260 e. The Bertz CT molecular complexity index is 637. The van der Waals surface area contributed by atoms with Crippen molar-refractivity contribution in [2.75, 3.05) is 20.3 Å². The van der Waals surface area contributed by atoms with Gasteiger partial charge in [0, 0.05) is 0 Å². The maximum atomic E-state index is 12.0. The first-order valence-electron chi connectivity index (χ1n) is 7.86. The van der Waals surface area contributed by atoms with Gasteiger partial charge in [0.2, 0.25) is 0 Å². The van der Waals surface area contributed by atoms with Gasteiger partial charge in [-0.3, -0.25) is 4.79 Å². The summed E-state index contributed by atoms with van der Waals surface area (Å²) < 4.78 is 16.2. The van der Waals surface area contributed by atoms with E-state index in [9.17, 15) is 4.79 Å². The summed E-state index contributed by atoms with van der Waals surface area (Å²) in [7, 11) is 1.60. The third kappa shape index (κ3) is 5.50. The van der Waals surface area contributed by atoms with Gasteiger partial charge >= 0.3 is 0 Å². The van der Waals surface area contributed by atoms with Crippen LogP contribution in [0.1, 0.15) is 12.5 Å². The maximum absolute atomic E-state index is 12.0. The third-order valence-corrected chi connectivity index (χ3v) is 3.43. The zero-order chi connectivity index (χ0) is 17.4. The fourth-order valence-electron chi connectivity index (χ4n) is 2.03. The van der Waals surface area contributed by atoms with Crippen LogP contribution in [0.15, 0.2) is 48.5 Å². The number of rotatable bonds is 8. The molecular formula is C19H23NO4. The highest BCUT2D eigenvalue weighted by Gasteiger charge is 2.14. The molecule has 0 bridgehead atoms. The van der Waals surface area contributed by atoms with Gasteiger partial charge in [-0.1, -0.05) is 17.7 Å². The summed E-state index contributed by atoms with van der Waals surface area (Å²) in [6.07, 6.45) is -0.585. The van der Waals surface area contributed by atoms with E-state index in [1.807, 2.05) is 31.2 Å². The molecule has 1 N–H and O–H groups in total. The molecule has 0 spiro atoms. The lowest BCUT2D eigenvalue weighted by atomic mass is 10.2. The molecule has 0 saturated carbocycles. The zero-order valence-electron chi connectivity index (χ0n) is 14.2. The van der Waals surface area contributed by atoms with Crippen LogP contribution in [0, 0.1) is 6.92 Å². The zero-order valence-corrected chi connectivity index (χ0v) is 14.2. The fraction of sp³-hybridized carbons (Fsp3) is 0.316. The number of hydrogen-bond donors (Lipinski definition) is 1. The number of ether oxygens (including phenoxy) is 3. The molecule has 24 heavy (non-hydrogen) atoms. The van der Waals surface area contributed by atoms with E-state index in [1.54, 1.807) is 38.3 Å². The van der Waals surface area contributed by atoms with Crippen LogP contribution >= 0.6 is 0 Å². The van der Waals surface area contributed by atoms with E-state index in [0.717, 1.165) is 11.5 Å². The molecule has 5 heteroatoms. The molecule has 2 rings (SSSR count). The first-order chi connectivity index (χ1) is 11.6. The van der Waals surface area contributed by atoms with Gasteiger partial charge in [0.25, 0.3) is 5.91 Å². The quantitative estimate of drug-likeness (QED) is 0.757. The van der Waals surface area contributed by atoms with Crippen molar-refractivity contribution in [2.45, 2.75) is 20.0 Å². The van der Waals surface area contributed by atoms with Crippen LogP contribution in [-0.2, 0) is 4.79 Å². The highest BCUT2D eigenvalue weighted by Crippen LogP contribution is 2.18. The van der Waals surface area contributed by atoms with Crippen molar-refractivity contribution >= 4 is 5.91 Å². The van der Waals surface area contributed by atoms with Gasteiger partial charge < -0.3 is 19.5 Å². The Kier molecular flexibility index (Phi) is 6.49. The predicted molar refractivity (Wildman–Crippen MR) is 92.8 cm³/mol. The molecule has 1 amide bonds. The second kappa shape index (κ2) is 8.82. The molecule has 0 heterocycles. The molecule has 0 aliphatic rings. The van der Waals surface area contributed by atoms with E-state index in [1.165, 1.54) is 5.56 Å². The van der Waals surface area contributed by atoms with Gasteiger partial charge in [0.15, 0.2) is 6.10 Å². The van der Waals surface area contributed by atoms with Crippen molar-refractivity contribution in [1.29, 1.82) is 0 Å². The molecular weight excluding hydrogens is 306 g/mol. The number of hydrogen-bond acceptors (Lipinski definition) is 4. The summed E-state index contributed by atoms with van der Waals surface area (Å²) in [4.78, 5) is 12.0. The second-order valence-corrected chi connectivity index (χ2v) is 5.39. The minimum absolute atomic E-state index is 0.182. The van der Waals surface area contributed by atoms with Gasteiger partial charge in [-0.05, 0) is 50.2 Å². The Morgan fingerprint density at radius 2 is 1.58 bits per heavy atom. The van der Waals surface area contributed by atoms with E-state index >= 15 is 0 Å². The minimum atomic E-state index is -0.585. The highest BCUT2D eigenvalue weighted by molar-refractivity contribution is 5.80. The molecule has 0 aliphatic heterocycles. The van der Waals surface area contributed by atoms with Crippen molar-refractivity contribution in [3.8, 4) is 17.2 Å². The summed E-state index contributed by atoms with van der Waals surface area (Å²) in [6, 6.07) is 14.9. The number of carbonyl (C=O) groups is 1. The van der Waals surface area contributed by atoms with Gasteiger partial charge in [-0.25, -0.2) is 0 Å². The number of amides is 1. The Hall–Kier alpha value is -2.69. The molecule has 0 saturated heterocycles. The number of benzene rings is 2. The third-order valence-electron chi connectivity index (χ3n) is 3.43. The molecule has 2 aromatic rings. The molecule has 0 radical (unpaired) electrons. The highest BCUT2D eigenvalue weighted by atomic mass is 16.5. The fourth-order valence-corrected chi connectivity index (χ4v) is 2.03. The van der Waals surface area contributed by atoms with Gasteiger partial charge in [-0.2, -0.15) is 0 Å². The summed E-state index contributed by atoms with van der Waals surface area (Å²) in [5.74, 6) is 1.97. The van der Waals surface area contributed by atoms with Crippen molar-refractivity contribution in [3.05, 3.63) is 54.1 Å². The summed E-state index contributed by atoms with van der Waals surface area (Å²) in [6.45, 7) is 4.56. The Balaban J connectivity index is 1.70. The van der Waals surface area contributed by atoms with Crippen LogP contribution in [0.3, 0.4) is 0 Å². The van der Waals surface area contributed by atoms with E-state index in [4.69, 9.17) is 14.2 Å². The van der Waals surface area contributed by atoms with Gasteiger partial charge in [0.1, 0.15) is 23.9 Å². The van der Waals surface area contributed by atoms with Crippen LogP contribution in [0.2, 0.25) is 0 Å². The Morgan fingerprint density at radius 3 is 2.21 bits per heavy atom. The average Bonchev–Trinajstić information content (AvgIpc) is 2.60. The molecule has 0 aliphatic carbocycles. The van der Waals surface area contributed by atoms with Crippen LogP contribution < -0.4 is 19.5 Å². The Labute approximate surface area is 142 Å². The lowest BCUT2D eigenvalue weighted by Gasteiger charge is -2.15. The molecule has 0 unspecified atom stereocenters. The summed E-state index contributed by atoms with van der Waals surface area (Å²) in [5, 5.41) is 2.79. The van der Waals surface area contributed by atoms with Crippen LogP contribution in [-0.4, -0.2) is 32.3 Å². The Morgan fingerprint density at radius 1 is 1.00 bits per heavy atom. The van der Waals surface area contributed by atoms with E-state index in [2.05, 4.69) is 5.32 Å². The normalized spacial score (nSPS) is 11.5. The first-order valence-corrected chi connectivity index (χ1v) is 7.86. The lowest BCUT2D eigenvalue weighted by molar-refractivity contribution is -0.127. The van der Waals surface area contributed by atoms with Gasteiger partial charge in [0.05, 0.1) is 13.7 Å². The number of aryl methyl sites for hydroxylation is 1. The lowest BCUT2D eigenvalue weighted by Crippen LogP contribution is -2.38. The van der Waals surface area contributed by atoms with Crippen LogP contribution in [0.25, 0.3) is 0 Å². The minimum Gasteiger partial charge on any atom is -0.497 e. The standard InChI is InChI=1S/C19H23NO4/c1-14-4-6-17(7-5-14)23-13-12-20-19(21)15(2)24-18-10-8-16(22-3)9-11-18/h4-11,15H,12-13H2,1-3H3,(H,20,21)/t15-/m1/s1. The SMILES string of the molecule is COc1ccc(O[C@H](C)C(=O)NCCOc2ccc(C)cc2)cc1. The number of methoxy groups -OCH3 is 1. The largest absolute Gasteiger partial charge is 0.497 e. The molecule has 1 atom stereocenters. The van der Waals surface area contributed by atoms with Gasteiger partial charge in [-0.15, -0.1) is 0 Å². The van der Waals surface area contributed by atoms with Crippen LogP contribution in [0.4, 0.5) is 0 Å². The second-order valence-electron chi connectivity index (χ2n) is 5.39. The number of nitrogens with one attached hydrogen (secondary N) is 1. The molecule has 0 fully saturated rings. The monoisotopic (exact) mass is 329 g/mol. The summed E-state index contributed by atoms with van der Waals surface area (Å²) in [5.41, 5.74) is 1.18. The van der Waals surface area contributed by atoms with Crippen molar-refractivity contribution in [2.24, 2.45) is 0 Å². The van der Waals surface area contributed by atoms with Crippen LogP contribution in [0.5, 0.6) is 17.2 Å². The average molecular weight is 329 g/mol. The van der Waals surface area contributed by atoms with Crippen molar-refractivity contribution in [3.63, 3.8) is 0 Å². The van der Waals surface area contributed by atoms with E-state index in [-0.39, 0.29) is 5.91 Å². The molecule has 2 aromatic carbocycles. The summed E-state index contributed by atoms with van der Waals surface area (Å²) >= 11 is 0. The van der Waals surface area contributed by atoms with E-state index < -0.39 is 6.10 Å². The van der Waals surface area contributed by atoms with E-state index in [0.29, 0.717) is 18.9 Å². The molecule has 5 nitrogen and oxygen atoms in total. The first kappa shape index (κ1) is 17.7. The van der Waals surface area contributed by atoms with Crippen molar-refractivity contribution in [1.82, 2.24) is 5.32 Å². The number of carbonyl (C=O) groups excluding carboxylic acids is 1.